The van der Waals surface area contributed by atoms with Crippen LogP contribution in [-0.4, -0.2) is 32.2 Å². The van der Waals surface area contributed by atoms with Gasteiger partial charge in [0.15, 0.2) is 11.5 Å². The lowest BCUT2D eigenvalue weighted by molar-refractivity contribution is -0.126. The molecule has 0 radical (unpaired) electrons. The van der Waals surface area contributed by atoms with Crippen molar-refractivity contribution in [2.45, 2.75) is 6.42 Å². The average molecular weight is 499 g/mol. The van der Waals surface area contributed by atoms with E-state index in [-0.39, 0.29) is 6.42 Å². The Kier molecular flexibility index (Phi) is 7.81. The second-order valence-corrected chi connectivity index (χ2v) is 6.94. The molecule has 0 heterocycles. The van der Waals surface area contributed by atoms with Crippen LogP contribution in [0.5, 0.6) is 11.5 Å². The van der Waals surface area contributed by atoms with E-state index in [1.165, 1.54) is 20.4 Å². The summed E-state index contributed by atoms with van der Waals surface area (Å²) in [5, 5.41) is 6.52. The van der Waals surface area contributed by atoms with Gasteiger partial charge in [0.2, 0.25) is 11.8 Å². The van der Waals surface area contributed by atoms with Crippen LogP contribution in [0.2, 0.25) is 0 Å². The molecule has 0 aliphatic heterocycles. The number of methoxy groups -OCH3 is 2. The van der Waals surface area contributed by atoms with Crippen molar-refractivity contribution >= 4 is 55.6 Å². The molecule has 0 spiro atoms. The Balaban J connectivity index is 1.93. The molecule has 9 heteroatoms. The fourth-order valence-corrected chi connectivity index (χ4v) is 2.89. The molecule has 2 rings (SSSR count). The van der Waals surface area contributed by atoms with Crippen LogP contribution in [0.4, 0.5) is 5.69 Å². The number of hydrogen-bond donors (Lipinski definition) is 2. The maximum atomic E-state index is 11.9. The normalized spacial score (nSPS) is 10.5. The van der Waals surface area contributed by atoms with Crippen molar-refractivity contribution in [3.8, 4) is 11.5 Å². The first-order valence-electron chi connectivity index (χ1n) is 7.72. The third-order valence-electron chi connectivity index (χ3n) is 3.36. The topological polar surface area (TPSA) is 89.0 Å². The molecule has 0 saturated heterocycles. The van der Waals surface area contributed by atoms with Gasteiger partial charge in [-0.1, -0.05) is 12.1 Å². The van der Waals surface area contributed by atoms with E-state index < -0.39 is 11.8 Å². The van der Waals surface area contributed by atoms with Gasteiger partial charge in [0.1, 0.15) is 6.42 Å². The number of para-hydroxylation sites is 1. The molecule has 0 unspecified atom stereocenters. The Morgan fingerprint density at radius 2 is 1.70 bits per heavy atom. The van der Waals surface area contributed by atoms with Crippen LogP contribution in [0, 0.1) is 0 Å². The molecule has 0 bridgehead atoms. The molecule has 0 atom stereocenters. The minimum atomic E-state index is -0.535. The number of rotatable bonds is 7. The number of hydrazone groups is 1. The molecule has 27 heavy (non-hydrogen) atoms. The summed E-state index contributed by atoms with van der Waals surface area (Å²) < 4.78 is 11.9. The van der Waals surface area contributed by atoms with E-state index in [9.17, 15) is 9.59 Å². The van der Waals surface area contributed by atoms with E-state index in [1.807, 2.05) is 6.07 Å². The summed E-state index contributed by atoms with van der Waals surface area (Å²) in [6, 6.07) is 10.6. The van der Waals surface area contributed by atoms with Gasteiger partial charge in [0.25, 0.3) is 0 Å². The van der Waals surface area contributed by atoms with Gasteiger partial charge in [-0.3, -0.25) is 9.59 Å². The van der Waals surface area contributed by atoms with Crippen LogP contribution < -0.4 is 20.2 Å². The fraction of sp³-hybridized carbons (Fsp3) is 0.167. The number of nitrogens with zero attached hydrogens (tertiary/aromatic N) is 1. The largest absolute Gasteiger partial charge is 0.493 e. The quantitative estimate of drug-likeness (QED) is 0.346. The van der Waals surface area contributed by atoms with Crippen molar-refractivity contribution in [2.24, 2.45) is 5.10 Å². The Labute approximate surface area is 173 Å². The number of nitrogens with one attached hydrogen (secondary N) is 2. The molecule has 2 amide bonds. The van der Waals surface area contributed by atoms with E-state index in [0.29, 0.717) is 27.2 Å². The van der Waals surface area contributed by atoms with Gasteiger partial charge < -0.3 is 14.8 Å². The predicted molar refractivity (Wildman–Crippen MR) is 110 cm³/mol. The second kappa shape index (κ2) is 10.1. The minimum Gasteiger partial charge on any atom is -0.493 e. The zero-order chi connectivity index (χ0) is 19.8. The minimum absolute atomic E-state index is 0.355. The number of anilines is 1. The molecule has 0 aliphatic rings. The number of halogens is 2. The number of hydrogen-bond acceptors (Lipinski definition) is 5. The fourth-order valence-electron chi connectivity index (χ4n) is 2.08. The van der Waals surface area contributed by atoms with E-state index in [2.05, 4.69) is 47.7 Å². The molecular weight excluding hydrogens is 482 g/mol. The first-order valence-corrected chi connectivity index (χ1v) is 9.31. The molecular formula is C18H17Br2N3O4. The zero-order valence-electron chi connectivity index (χ0n) is 14.6. The van der Waals surface area contributed by atoms with Crippen molar-refractivity contribution in [1.29, 1.82) is 0 Å². The lowest BCUT2D eigenvalue weighted by atomic mass is 10.2. The second-order valence-electron chi connectivity index (χ2n) is 5.23. The summed E-state index contributed by atoms with van der Waals surface area (Å²) in [5.74, 6) is 0.116. The number of ether oxygens (including phenoxy) is 2. The maximum absolute atomic E-state index is 11.9. The molecule has 7 nitrogen and oxygen atoms in total. The highest BCUT2D eigenvalue weighted by Crippen LogP contribution is 2.32. The summed E-state index contributed by atoms with van der Waals surface area (Å²) in [6.07, 6.45) is 1.08. The molecule has 2 N–H and O–H groups in total. The SMILES string of the molecule is COc1cc(Br)c(C=NNC(=O)CC(=O)Nc2ccccc2Br)cc1OC. The highest BCUT2D eigenvalue weighted by molar-refractivity contribution is 9.11. The summed E-state index contributed by atoms with van der Waals surface area (Å²) in [4.78, 5) is 23.8. The van der Waals surface area contributed by atoms with Gasteiger partial charge >= 0.3 is 0 Å². The lowest BCUT2D eigenvalue weighted by Gasteiger charge is -2.09. The molecule has 0 aromatic heterocycles. The molecule has 0 fully saturated rings. The van der Waals surface area contributed by atoms with Crippen molar-refractivity contribution in [3.05, 3.63) is 50.9 Å². The first-order chi connectivity index (χ1) is 12.9. The number of carbonyl (C=O) groups excluding carboxylic acids is 2. The van der Waals surface area contributed by atoms with Crippen LogP contribution >= 0.6 is 31.9 Å². The van der Waals surface area contributed by atoms with Crippen LogP contribution in [0.1, 0.15) is 12.0 Å². The van der Waals surface area contributed by atoms with E-state index in [1.54, 1.807) is 30.3 Å². The highest BCUT2D eigenvalue weighted by Gasteiger charge is 2.11. The third kappa shape index (κ3) is 6.07. The zero-order valence-corrected chi connectivity index (χ0v) is 17.8. The first kappa shape index (κ1) is 20.9. The monoisotopic (exact) mass is 497 g/mol. The van der Waals surface area contributed by atoms with Crippen LogP contribution in [0.3, 0.4) is 0 Å². The lowest BCUT2D eigenvalue weighted by Crippen LogP contribution is -2.24. The van der Waals surface area contributed by atoms with Gasteiger partial charge in [-0.15, -0.1) is 0 Å². The Bertz CT molecular complexity index is 872. The highest BCUT2D eigenvalue weighted by atomic mass is 79.9. The summed E-state index contributed by atoms with van der Waals surface area (Å²) in [7, 11) is 3.06. The Morgan fingerprint density at radius 1 is 1.04 bits per heavy atom. The number of amides is 2. The van der Waals surface area contributed by atoms with Crippen molar-refractivity contribution in [3.63, 3.8) is 0 Å². The maximum Gasteiger partial charge on any atom is 0.249 e. The van der Waals surface area contributed by atoms with E-state index >= 15 is 0 Å². The van der Waals surface area contributed by atoms with Crippen molar-refractivity contribution < 1.29 is 19.1 Å². The molecule has 0 aliphatic carbocycles. The number of carbonyl (C=O) groups is 2. The van der Waals surface area contributed by atoms with Crippen LogP contribution in [-0.2, 0) is 9.59 Å². The number of benzene rings is 2. The standard InChI is InChI=1S/C18H17Br2N3O4/c1-26-15-7-11(13(20)8-16(15)27-2)10-21-23-18(25)9-17(24)22-14-6-4-3-5-12(14)19/h3-8,10H,9H2,1-2H3,(H,22,24)(H,23,25). The summed E-state index contributed by atoms with van der Waals surface area (Å²) >= 11 is 6.72. The van der Waals surface area contributed by atoms with Crippen LogP contribution in [0.25, 0.3) is 0 Å². The smallest absolute Gasteiger partial charge is 0.249 e. The van der Waals surface area contributed by atoms with Gasteiger partial charge in [-0.2, -0.15) is 5.10 Å². The third-order valence-corrected chi connectivity index (χ3v) is 4.74. The van der Waals surface area contributed by atoms with Crippen LogP contribution in [0.15, 0.2) is 50.4 Å². The summed E-state index contributed by atoms with van der Waals surface area (Å²) in [5.41, 5.74) is 3.58. The Hall–Kier alpha value is -2.39. The Morgan fingerprint density at radius 3 is 2.37 bits per heavy atom. The van der Waals surface area contributed by atoms with E-state index in [0.717, 1.165) is 4.47 Å². The van der Waals surface area contributed by atoms with Gasteiger partial charge in [0.05, 0.1) is 26.1 Å². The summed E-state index contributed by atoms with van der Waals surface area (Å²) in [6.45, 7) is 0. The van der Waals surface area contributed by atoms with Crippen molar-refractivity contribution in [1.82, 2.24) is 5.43 Å². The van der Waals surface area contributed by atoms with Gasteiger partial charge in [-0.05, 0) is 56.1 Å². The average Bonchev–Trinajstić information content (AvgIpc) is 2.64. The van der Waals surface area contributed by atoms with Crippen molar-refractivity contribution in [2.75, 3.05) is 19.5 Å². The van der Waals surface area contributed by atoms with E-state index in [4.69, 9.17) is 9.47 Å². The predicted octanol–water partition coefficient (Wildman–Crippen LogP) is 3.71. The van der Waals surface area contributed by atoms with Gasteiger partial charge in [-0.25, -0.2) is 5.43 Å². The molecule has 0 saturated carbocycles. The molecule has 2 aromatic carbocycles. The molecule has 142 valence electrons. The van der Waals surface area contributed by atoms with Gasteiger partial charge in [0, 0.05) is 14.5 Å². The molecule has 2 aromatic rings.